The molecule has 40 heavy (non-hydrogen) atoms. The summed E-state index contributed by atoms with van der Waals surface area (Å²) in [6.45, 7) is 1.83. The topological polar surface area (TPSA) is 114 Å². The smallest absolute Gasteiger partial charge is 0.416 e. The number of benzene rings is 3. The number of aromatic nitrogens is 4. The van der Waals surface area contributed by atoms with Gasteiger partial charge in [0.1, 0.15) is 11.8 Å². The van der Waals surface area contributed by atoms with Crippen LogP contribution in [0.5, 0.6) is 11.5 Å². The second-order valence-corrected chi connectivity index (χ2v) is 9.36. The summed E-state index contributed by atoms with van der Waals surface area (Å²) in [5, 5.41) is 13.5. The molecule has 5 rings (SSSR count). The fourth-order valence-electron chi connectivity index (χ4n) is 3.95. The number of pyridine rings is 1. The van der Waals surface area contributed by atoms with E-state index in [1.807, 2.05) is 11.9 Å². The maximum absolute atomic E-state index is 12.9. The third kappa shape index (κ3) is 5.14. The van der Waals surface area contributed by atoms with Gasteiger partial charge in [-0.3, -0.25) is 9.78 Å². The third-order valence-corrected chi connectivity index (χ3v) is 6.44. The summed E-state index contributed by atoms with van der Waals surface area (Å²) in [6, 6.07) is 15.8. The summed E-state index contributed by atoms with van der Waals surface area (Å²) in [6.07, 6.45) is -4.43. The van der Waals surface area contributed by atoms with E-state index < -0.39 is 28.7 Å². The van der Waals surface area contributed by atoms with Gasteiger partial charge in [-0.25, -0.2) is 9.78 Å². The van der Waals surface area contributed by atoms with Gasteiger partial charge in [0.25, 0.3) is 5.56 Å². The zero-order chi connectivity index (χ0) is 28.8. The molecule has 0 aliphatic rings. The lowest BCUT2D eigenvalue weighted by atomic mass is 10.0. The normalized spacial score (nSPS) is 11.4. The lowest BCUT2D eigenvalue weighted by Gasteiger charge is -2.13. The van der Waals surface area contributed by atoms with Gasteiger partial charge in [-0.2, -0.15) is 23.1 Å². The molecule has 1 N–H and O–H groups in total. The predicted octanol–water partition coefficient (Wildman–Crippen LogP) is 6.43. The van der Waals surface area contributed by atoms with Crippen molar-refractivity contribution in [2.24, 2.45) is 0 Å². The highest BCUT2D eigenvalue weighted by molar-refractivity contribution is 6.37. The number of nitrogens with zero attached hydrogens (tertiary/aromatic N) is 4. The second-order valence-electron chi connectivity index (χ2n) is 8.55. The average Bonchev–Trinajstić information content (AvgIpc) is 2.90. The molecule has 200 valence electrons. The van der Waals surface area contributed by atoms with Crippen molar-refractivity contribution in [3.8, 4) is 34.5 Å². The summed E-state index contributed by atoms with van der Waals surface area (Å²) in [7, 11) is 0. The van der Waals surface area contributed by atoms with Crippen molar-refractivity contribution < 1.29 is 17.9 Å². The average molecular weight is 584 g/mol. The molecule has 2 aromatic heterocycles. The van der Waals surface area contributed by atoms with Crippen molar-refractivity contribution in [3.05, 3.63) is 108 Å². The van der Waals surface area contributed by atoms with Gasteiger partial charge in [-0.05, 0) is 61.0 Å². The number of aryl methyl sites for hydroxylation is 1. The third-order valence-electron chi connectivity index (χ3n) is 5.88. The second kappa shape index (κ2) is 10.1. The van der Waals surface area contributed by atoms with Crippen LogP contribution < -0.4 is 16.0 Å². The van der Waals surface area contributed by atoms with Crippen molar-refractivity contribution >= 4 is 34.1 Å². The molecule has 13 heteroatoms. The van der Waals surface area contributed by atoms with Crippen LogP contribution in [-0.2, 0) is 6.18 Å². The van der Waals surface area contributed by atoms with Crippen LogP contribution in [0.15, 0.2) is 70.3 Å². The molecule has 0 aliphatic heterocycles. The SMILES string of the molecule is Cc1cc(-c2ccc(C(F)(F)F)cc2)nc2ccc(Oc3c(Cl)cc(-n4nc(C#N)c(=O)[nH]c4=O)cc3Cl)cc12. The molecule has 0 atom stereocenters. The Hall–Kier alpha value is -4.66. The van der Waals surface area contributed by atoms with Crippen LogP contribution in [0.3, 0.4) is 0 Å². The summed E-state index contributed by atoms with van der Waals surface area (Å²) in [5.41, 5.74) is -0.541. The first-order chi connectivity index (χ1) is 18.9. The largest absolute Gasteiger partial charge is 0.454 e. The van der Waals surface area contributed by atoms with Crippen LogP contribution >= 0.6 is 23.2 Å². The molecule has 5 aromatic rings. The van der Waals surface area contributed by atoms with Crippen molar-refractivity contribution in [1.29, 1.82) is 5.26 Å². The number of nitrogens with one attached hydrogen (secondary N) is 1. The van der Waals surface area contributed by atoms with E-state index in [2.05, 4.69) is 10.1 Å². The van der Waals surface area contributed by atoms with Crippen molar-refractivity contribution in [3.63, 3.8) is 0 Å². The van der Waals surface area contributed by atoms with Crippen LogP contribution in [-0.4, -0.2) is 19.7 Å². The molecule has 3 aromatic carbocycles. The predicted molar refractivity (Wildman–Crippen MR) is 142 cm³/mol. The molecule has 0 fully saturated rings. The zero-order valence-corrected chi connectivity index (χ0v) is 21.7. The van der Waals surface area contributed by atoms with E-state index in [0.29, 0.717) is 22.5 Å². The quantitative estimate of drug-likeness (QED) is 0.260. The number of alkyl halides is 3. The first kappa shape index (κ1) is 26.9. The lowest BCUT2D eigenvalue weighted by molar-refractivity contribution is -0.137. The number of aromatic amines is 1. The van der Waals surface area contributed by atoms with E-state index in [4.69, 9.17) is 33.2 Å². The molecular weight excluding hydrogens is 570 g/mol. The standard InChI is InChI=1S/C27H14Cl2F3N5O3/c1-13-8-22(14-2-4-15(5-3-14)27(30,31)32)34-21-7-6-17(11-18(13)21)40-24-19(28)9-16(10-20(24)29)37-26(39)35-25(38)23(12-33)36-37/h2-11H,1H3,(H,35,38,39). The van der Waals surface area contributed by atoms with Gasteiger partial charge < -0.3 is 4.74 Å². The number of fused-ring (bicyclic) bond motifs is 1. The fraction of sp³-hybridized carbons (Fsp3) is 0.0741. The monoisotopic (exact) mass is 583 g/mol. The van der Waals surface area contributed by atoms with Crippen molar-refractivity contribution in [2.45, 2.75) is 13.1 Å². The Morgan fingerprint density at radius 3 is 2.30 bits per heavy atom. The van der Waals surface area contributed by atoms with Crippen LogP contribution in [0, 0.1) is 18.3 Å². The van der Waals surface area contributed by atoms with E-state index in [1.165, 1.54) is 24.3 Å². The highest BCUT2D eigenvalue weighted by Gasteiger charge is 2.30. The van der Waals surface area contributed by atoms with E-state index in [9.17, 15) is 22.8 Å². The molecule has 0 radical (unpaired) electrons. The van der Waals surface area contributed by atoms with Crippen molar-refractivity contribution in [1.82, 2.24) is 19.7 Å². The van der Waals surface area contributed by atoms with E-state index >= 15 is 0 Å². The van der Waals surface area contributed by atoms with Gasteiger partial charge in [0.05, 0.1) is 32.5 Å². The van der Waals surface area contributed by atoms with E-state index in [1.54, 1.807) is 30.3 Å². The summed E-state index contributed by atoms with van der Waals surface area (Å²) in [5.74, 6) is 0.443. The number of hydrogen-bond acceptors (Lipinski definition) is 6. The molecule has 0 amide bonds. The van der Waals surface area contributed by atoms with Gasteiger partial charge in [0, 0.05) is 10.9 Å². The van der Waals surface area contributed by atoms with Crippen LogP contribution in [0.4, 0.5) is 13.2 Å². The Kier molecular flexibility index (Phi) is 6.83. The minimum absolute atomic E-state index is 0.0218. The highest BCUT2D eigenvalue weighted by atomic mass is 35.5. The highest BCUT2D eigenvalue weighted by Crippen LogP contribution is 2.39. The molecule has 2 heterocycles. The maximum atomic E-state index is 12.9. The molecule has 8 nitrogen and oxygen atoms in total. The Labute approximate surface area is 232 Å². The Morgan fingerprint density at radius 2 is 1.68 bits per heavy atom. The van der Waals surface area contributed by atoms with Crippen molar-refractivity contribution in [2.75, 3.05) is 0 Å². The van der Waals surface area contributed by atoms with Crippen LogP contribution in [0.25, 0.3) is 27.8 Å². The maximum Gasteiger partial charge on any atom is 0.416 e. The number of H-pyrrole nitrogens is 1. The van der Waals surface area contributed by atoms with E-state index in [-0.39, 0.29) is 21.5 Å². The molecular formula is C27H14Cl2F3N5O3. The molecule has 0 spiro atoms. The zero-order valence-electron chi connectivity index (χ0n) is 20.2. The summed E-state index contributed by atoms with van der Waals surface area (Å²) in [4.78, 5) is 30.4. The van der Waals surface area contributed by atoms with Gasteiger partial charge in [-0.1, -0.05) is 35.3 Å². The molecule has 0 bridgehead atoms. The molecule has 0 saturated carbocycles. The number of rotatable bonds is 4. The van der Waals surface area contributed by atoms with Crippen LogP contribution in [0.2, 0.25) is 10.0 Å². The Morgan fingerprint density at radius 1 is 1.00 bits per heavy atom. The minimum Gasteiger partial charge on any atom is -0.454 e. The van der Waals surface area contributed by atoms with Gasteiger partial charge >= 0.3 is 11.9 Å². The molecule has 0 aliphatic carbocycles. The fourth-order valence-corrected chi connectivity index (χ4v) is 4.50. The number of ether oxygens (including phenoxy) is 1. The number of halogens is 5. The van der Waals surface area contributed by atoms with Gasteiger partial charge in [-0.15, -0.1) is 5.10 Å². The summed E-state index contributed by atoms with van der Waals surface area (Å²) < 4.78 is 45.4. The Balaban J connectivity index is 1.46. The van der Waals surface area contributed by atoms with Crippen LogP contribution in [0.1, 0.15) is 16.8 Å². The van der Waals surface area contributed by atoms with Gasteiger partial charge in [0.15, 0.2) is 5.75 Å². The molecule has 0 unspecified atom stereocenters. The summed E-state index contributed by atoms with van der Waals surface area (Å²) >= 11 is 12.8. The first-order valence-electron chi connectivity index (χ1n) is 11.3. The number of nitriles is 1. The number of hydrogen-bond donors (Lipinski definition) is 1. The lowest BCUT2D eigenvalue weighted by Crippen LogP contribution is -2.33. The first-order valence-corrected chi connectivity index (χ1v) is 12.1. The molecule has 0 saturated heterocycles. The van der Waals surface area contributed by atoms with E-state index in [0.717, 1.165) is 27.8 Å². The Bertz CT molecular complexity index is 1940. The minimum atomic E-state index is -4.43. The van der Waals surface area contributed by atoms with Gasteiger partial charge in [0.2, 0.25) is 5.69 Å².